The lowest BCUT2D eigenvalue weighted by molar-refractivity contribution is 0.525. The van der Waals surface area contributed by atoms with Crippen molar-refractivity contribution < 1.29 is 0 Å². The summed E-state index contributed by atoms with van der Waals surface area (Å²) in [5.41, 5.74) is 8.81. The Kier molecular flexibility index (Phi) is 2.48. The van der Waals surface area contributed by atoms with E-state index in [2.05, 4.69) is 5.10 Å². The van der Waals surface area contributed by atoms with Gasteiger partial charge in [-0.1, -0.05) is 12.8 Å². The van der Waals surface area contributed by atoms with Crippen LogP contribution in [0, 0.1) is 19.8 Å². The topological polar surface area (TPSA) is 43.8 Å². The molecule has 1 aromatic heterocycles. The van der Waals surface area contributed by atoms with E-state index in [1.807, 2.05) is 18.5 Å². The largest absolute Gasteiger partial charge is 0.396 e. The molecule has 1 fully saturated rings. The van der Waals surface area contributed by atoms with E-state index >= 15 is 0 Å². The maximum atomic E-state index is 5.86. The Morgan fingerprint density at radius 3 is 2.64 bits per heavy atom. The Morgan fingerprint density at radius 1 is 1.43 bits per heavy atom. The number of nitrogen functional groups attached to an aromatic ring is 1. The number of nitrogens with zero attached hydrogens (tertiary/aromatic N) is 2. The van der Waals surface area contributed by atoms with Gasteiger partial charge in [0.15, 0.2) is 0 Å². The standard InChI is InChI=1S/C11H19N3/c1-8-11(12)9(2)14(13-8)7-3-4-10-5-6-10/h10H,3-7,12H2,1-2H3. The highest BCUT2D eigenvalue weighted by atomic mass is 15.3. The van der Waals surface area contributed by atoms with Crippen molar-refractivity contribution in [3.8, 4) is 0 Å². The van der Waals surface area contributed by atoms with E-state index in [1.165, 1.54) is 25.7 Å². The minimum atomic E-state index is 0.858. The predicted octanol–water partition coefficient (Wildman–Crippen LogP) is 2.27. The molecule has 2 N–H and O–H groups in total. The van der Waals surface area contributed by atoms with Gasteiger partial charge in [-0.3, -0.25) is 4.68 Å². The number of anilines is 1. The number of aromatic nitrogens is 2. The summed E-state index contributed by atoms with van der Waals surface area (Å²) in [4.78, 5) is 0. The molecule has 0 radical (unpaired) electrons. The summed E-state index contributed by atoms with van der Waals surface area (Å²) < 4.78 is 2.05. The Bertz CT molecular complexity index is 324. The summed E-state index contributed by atoms with van der Waals surface area (Å²) in [6, 6.07) is 0. The van der Waals surface area contributed by atoms with Crippen molar-refractivity contribution in [2.75, 3.05) is 5.73 Å². The molecule has 2 rings (SSSR count). The maximum absolute atomic E-state index is 5.86. The molecule has 1 aromatic rings. The molecule has 0 aliphatic heterocycles. The minimum Gasteiger partial charge on any atom is -0.396 e. The molecule has 0 unspecified atom stereocenters. The van der Waals surface area contributed by atoms with Crippen LogP contribution < -0.4 is 5.73 Å². The predicted molar refractivity (Wildman–Crippen MR) is 58.1 cm³/mol. The van der Waals surface area contributed by atoms with Crippen LogP contribution >= 0.6 is 0 Å². The van der Waals surface area contributed by atoms with Gasteiger partial charge in [-0.05, 0) is 32.6 Å². The molecule has 0 bridgehead atoms. The van der Waals surface area contributed by atoms with Crippen LogP contribution in [0.3, 0.4) is 0 Å². The molecule has 1 saturated carbocycles. The molecular weight excluding hydrogens is 174 g/mol. The molecule has 14 heavy (non-hydrogen) atoms. The molecule has 0 saturated heterocycles. The highest BCUT2D eigenvalue weighted by Crippen LogP contribution is 2.33. The van der Waals surface area contributed by atoms with Crippen LogP contribution in [0.15, 0.2) is 0 Å². The third-order valence-electron chi connectivity index (χ3n) is 3.12. The molecule has 1 heterocycles. The second kappa shape index (κ2) is 3.64. The molecule has 1 aliphatic carbocycles. The quantitative estimate of drug-likeness (QED) is 0.797. The molecule has 3 heteroatoms. The van der Waals surface area contributed by atoms with E-state index in [0.717, 1.165) is 29.5 Å². The monoisotopic (exact) mass is 193 g/mol. The van der Waals surface area contributed by atoms with Crippen molar-refractivity contribution in [1.29, 1.82) is 0 Å². The summed E-state index contributed by atoms with van der Waals surface area (Å²) in [6.45, 7) is 5.05. The van der Waals surface area contributed by atoms with Crippen LogP contribution in [0.4, 0.5) is 5.69 Å². The van der Waals surface area contributed by atoms with Crippen LogP contribution in [-0.2, 0) is 6.54 Å². The van der Waals surface area contributed by atoms with Gasteiger partial charge in [-0.15, -0.1) is 0 Å². The summed E-state index contributed by atoms with van der Waals surface area (Å²) in [7, 11) is 0. The van der Waals surface area contributed by atoms with Gasteiger partial charge in [-0.2, -0.15) is 5.10 Å². The summed E-state index contributed by atoms with van der Waals surface area (Å²) in [5.74, 6) is 1.02. The number of aryl methyl sites for hydroxylation is 2. The van der Waals surface area contributed by atoms with Crippen molar-refractivity contribution in [1.82, 2.24) is 9.78 Å². The third kappa shape index (κ3) is 1.91. The van der Waals surface area contributed by atoms with E-state index in [0.29, 0.717) is 0 Å². The average Bonchev–Trinajstić information content (AvgIpc) is 2.93. The lowest BCUT2D eigenvalue weighted by Gasteiger charge is -2.03. The Labute approximate surface area is 85.3 Å². The van der Waals surface area contributed by atoms with Gasteiger partial charge in [0.2, 0.25) is 0 Å². The van der Waals surface area contributed by atoms with Gasteiger partial charge in [0.25, 0.3) is 0 Å². The molecule has 1 aliphatic rings. The Balaban J connectivity index is 1.90. The zero-order valence-corrected chi connectivity index (χ0v) is 9.08. The third-order valence-corrected chi connectivity index (χ3v) is 3.12. The highest BCUT2D eigenvalue weighted by molar-refractivity contribution is 5.46. The zero-order chi connectivity index (χ0) is 10.1. The molecule has 3 nitrogen and oxygen atoms in total. The van der Waals surface area contributed by atoms with E-state index in [9.17, 15) is 0 Å². The number of nitrogens with two attached hydrogens (primary N) is 1. The molecule has 0 atom stereocenters. The minimum absolute atomic E-state index is 0.858. The second-order valence-corrected chi connectivity index (χ2v) is 4.39. The van der Waals surface area contributed by atoms with Crippen molar-refractivity contribution in [2.45, 2.75) is 46.1 Å². The van der Waals surface area contributed by atoms with Crippen molar-refractivity contribution in [3.05, 3.63) is 11.4 Å². The molecule has 78 valence electrons. The first kappa shape index (κ1) is 9.56. The highest BCUT2D eigenvalue weighted by Gasteiger charge is 2.20. The summed E-state index contributed by atoms with van der Waals surface area (Å²) in [6.07, 6.45) is 5.49. The van der Waals surface area contributed by atoms with Gasteiger partial charge < -0.3 is 5.73 Å². The van der Waals surface area contributed by atoms with Crippen LogP contribution in [0.25, 0.3) is 0 Å². The van der Waals surface area contributed by atoms with E-state index < -0.39 is 0 Å². The van der Waals surface area contributed by atoms with E-state index in [4.69, 9.17) is 5.73 Å². The first-order valence-electron chi connectivity index (χ1n) is 5.48. The molecular formula is C11H19N3. The van der Waals surface area contributed by atoms with Crippen molar-refractivity contribution in [3.63, 3.8) is 0 Å². The SMILES string of the molecule is Cc1nn(CCCC2CC2)c(C)c1N. The Hall–Kier alpha value is -0.990. The number of hydrogen-bond acceptors (Lipinski definition) is 2. The summed E-state index contributed by atoms with van der Waals surface area (Å²) in [5, 5.41) is 4.42. The molecule has 0 spiro atoms. The van der Waals surface area contributed by atoms with E-state index in [-0.39, 0.29) is 0 Å². The van der Waals surface area contributed by atoms with Crippen LogP contribution in [0.5, 0.6) is 0 Å². The van der Waals surface area contributed by atoms with Crippen LogP contribution in [0.1, 0.15) is 37.1 Å². The average molecular weight is 193 g/mol. The lowest BCUT2D eigenvalue weighted by Crippen LogP contribution is -2.03. The van der Waals surface area contributed by atoms with Crippen LogP contribution in [-0.4, -0.2) is 9.78 Å². The smallest absolute Gasteiger partial charge is 0.0825 e. The lowest BCUT2D eigenvalue weighted by atomic mass is 10.2. The van der Waals surface area contributed by atoms with Gasteiger partial charge in [0.1, 0.15) is 0 Å². The van der Waals surface area contributed by atoms with Gasteiger partial charge in [0.05, 0.1) is 17.1 Å². The first-order chi connectivity index (χ1) is 6.68. The molecule has 0 amide bonds. The fourth-order valence-corrected chi connectivity index (χ4v) is 1.86. The zero-order valence-electron chi connectivity index (χ0n) is 9.08. The van der Waals surface area contributed by atoms with E-state index in [1.54, 1.807) is 0 Å². The normalized spacial score (nSPS) is 16.1. The maximum Gasteiger partial charge on any atom is 0.0825 e. The first-order valence-corrected chi connectivity index (χ1v) is 5.48. The van der Waals surface area contributed by atoms with Crippen molar-refractivity contribution >= 4 is 5.69 Å². The van der Waals surface area contributed by atoms with Crippen molar-refractivity contribution in [2.24, 2.45) is 5.92 Å². The van der Waals surface area contributed by atoms with Gasteiger partial charge >= 0.3 is 0 Å². The number of hydrogen-bond donors (Lipinski definition) is 1. The van der Waals surface area contributed by atoms with Crippen LogP contribution in [0.2, 0.25) is 0 Å². The summed E-state index contributed by atoms with van der Waals surface area (Å²) >= 11 is 0. The Morgan fingerprint density at radius 2 is 2.14 bits per heavy atom. The number of rotatable bonds is 4. The molecule has 0 aromatic carbocycles. The fourth-order valence-electron chi connectivity index (χ4n) is 1.86. The fraction of sp³-hybridized carbons (Fsp3) is 0.727. The van der Waals surface area contributed by atoms with Gasteiger partial charge in [-0.25, -0.2) is 0 Å². The second-order valence-electron chi connectivity index (χ2n) is 4.39. The van der Waals surface area contributed by atoms with Gasteiger partial charge in [0, 0.05) is 6.54 Å².